The van der Waals surface area contributed by atoms with E-state index in [1.165, 1.54) is 24.8 Å². The maximum absolute atomic E-state index is 10.2. The van der Waals surface area contributed by atoms with Crippen LogP contribution in [0, 0.1) is 23.7 Å². The van der Waals surface area contributed by atoms with Gasteiger partial charge in [0.2, 0.25) is 0 Å². The number of hydrogen-bond donors (Lipinski definition) is 2. The van der Waals surface area contributed by atoms with Crippen molar-refractivity contribution < 1.29 is 19.2 Å². The lowest BCUT2D eigenvalue weighted by Crippen LogP contribution is -2.36. The van der Waals surface area contributed by atoms with E-state index in [2.05, 4.69) is 36.1 Å². The first kappa shape index (κ1) is 26.3. The van der Waals surface area contributed by atoms with E-state index in [0.717, 1.165) is 50.0 Å². The molecule has 1 saturated carbocycles. The zero-order valence-corrected chi connectivity index (χ0v) is 21.4. The quantitative estimate of drug-likeness (QED) is 0.307. The lowest BCUT2D eigenvalue weighted by molar-refractivity contribution is 0.170. The Morgan fingerprint density at radius 3 is 2.52 bits per heavy atom. The summed E-state index contributed by atoms with van der Waals surface area (Å²) >= 11 is 0. The van der Waals surface area contributed by atoms with Crippen LogP contribution in [-0.4, -0.2) is 70.0 Å². The van der Waals surface area contributed by atoms with E-state index in [9.17, 15) is 5.02 Å². The number of rotatable bonds is 15. The van der Waals surface area contributed by atoms with Crippen molar-refractivity contribution in [1.29, 1.82) is 0 Å². The molecule has 0 amide bonds. The fourth-order valence-electron chi connectivity index (χ4n) is 5.01. The van der Waals surface area contributed by atoms with Crippen LogP contribution in [0.15, 0.2) is 18.2 Å². The van der Waals surface area contributed by atoms with Gasteiger partial charge in [0.25, 0.3) is 0 Å². The van der Waals surface area contributed by atoms with E-state index in [1.54, 1.807) is 14.2 Å². The van der Waals surface area contributed by atoms with Gasteiger partial charge in [-0.15, -0.1) is 0 Å². The molecule has 33 heavy (non-hydrogen) atoms. The van der Waals surface area contributed by atoms with Crippen LogP contribution >= 0.6 is 0 Å². The van der Waals surface area contributed by atoms with Crippen molar-refractivity contribution in [2.45, 2.75) is 58.8 Å². The van der Waals surface area contributed by atoms with Crippen molar-refractivity contribution in [3.63, 3.8) is 0 Å². The number of methoxy groups -OCH3 is 2. The van der Waals surface area contributed by atoms with Crippen molar-refractivity contribution in [1.82, 2.24) is 10.1 Å². The summed E-state index contributed by atoms with van der Waals surface area (Å²) in [7, 11) is 3.04. The van der Waals surface area contributed by atoms with Gasteiger partial charge in [-0.2, -0.15) is 0 Å². The first-order valence-electron chi connectivity index (χ1n) is 12.8. The number of benzene rings is 1. The highest BCUT2D eigenvalue weighted by Gasteiger charge is 2.38. The van der Waals surface area contributed by atoms with Gasteiger partial charge in [0.1, 0.15) is 0 Å². The normalized spacial score (nSPS) is 22.0. The SMILES string of the molecule is COCCCOc1cc(C[C@@H](C[C@@H]2CN(B(C)O)C[C@H]2CNC2CC2)C(C)C)ccc1OC. The molecule has 0 unspecified atom stereocenters. The summed E-state index contributed by atoms with van der Waals surface area (Å²) in [5.74, 6) is 4.00. The predicted octanol–water partition coefficient (Wildman–Crippen LogP) is 3.73. The van der Waals surface area contributed by atoms with Crippen LogP contribution in [0.3, 0.4) is 0 Å². The largest absolute Gasteiger partial charge is 0.493 e. The van der Waals surface area contributed by atoms with Crippen LogP contribution in [0.4, 0.5) is 0 Å². The van der Waals surface area contributed by atoms with Crippen LogP contribution in [0.2, 0.25) is 6.82 Å². The Labute approximate surface area is 201 Å². The molecule has 1 saturated heterocycles. The minimum absolute atomic E-state index is 0.365. The molecule has 0 aromatic heterocycles. The van der Waals surface area contributed by atoms with Crippen molar-refractivity contribution in [2.24, 2.45) is 23.7 Å². The topological polar surface area (TPSA) is 63.2 Å². The van der Waals surface area contributed by atoms with Crippen molar-refractivity contribution in [2.75, 3.05) is 47.1 Å². The fourth-order valence-corrected chi connectivity index (χ4v) is 5.01. The molecule has 1 aliphatic carbocycles. The van der Waals surface area contributed by atoms with Crippen LogP contribution in [0.25, 0.3) is 0 Å². The Hall–Kier alpha value is -1.28. The molecule has 7 heteroatoms. The molecule has 1 aromatic carbocycles. The lowest BCUT2D eigenvalue weighted by atomic mass is 9.78. The maximum Gasteiger partial charge on any atom is 0.376 e. The molecule has 186 valence electrons. The highest BCUT2D eigenvalue weighted by atomic mass is 16.5. The van der Waals surface area contributed by atoms with Crippen molar-refractivity contribution in [3.8, 4) is 11.5 Å². The molecular weight excluding hydrogens is 415 g/mol. The summed E-state index contributed by atoms with van der Waals surface area (Å²) in [6.07, 6.45) is 5.72. The van der Waals surface area contributed by atoms with Gasteiger partial charge in [0.15, 0.2) is 11.5 Å². The molecule has 3 atom stereocenters. The monoisotopic (exact) mass is 460 g/mol. The molecular formula is C26H45BN2O4. The highest BCUT2D eigenvalue weighted by molar-refractivity contribution is 6.45. The standard InChI is InChI=1S/C26H45BN2O4/c1-19(2)21(13-20-7-10-25(32-5)26(14-20)33-12-6-11-31-4)15-22-17-29(27(3)30)18-23(22)16-28-24-8-9-24/h7,10,14,19,21-24,28,30H,6,8-9,11-13,15-18H2,1-5H3/t21-,22+,23+/m0/s1. The van der Waals surface area contributed by atoms with Crippen LogP contribution in [0.1, 0.15) is 45.1 Å². The minimum atomic E-state index is -0.365. The average Bonchev–Trinajstić information content (AvgIpc) is 3.53. The van der Waals surface area contributed by atoms with Gasteiger partial charge in [-0.05, 0) is 93.5 Å². The molecule has 0 spiro atoms. The Morgan fingerprint density at radius 1 is 1.12 bits per heavy atom. The number of nitrogens with zero attached hydrogens (tertiary/aromatic N) is 1. The smallest absolute Gasteiger partial charge is 0.376 e. The Morgan fingerprint density at radius 2 is 1.88 bits per heavy atom. The lowest BCUT2D eigenvalue weighted by Gasteiger charge is -2.28. The van der Waals surface area contributed by atoms with Gasteiger partial charge in [0.05, 0.1) is 13.7 Å². The highest BCUT2D eigenvalue weighted by Crippen LogP contribution is 2.35. The molecule has 2 N–H and O–H groups in total. The van der Waals surface area contributed by atoms with Gasteiger partial charge in [-0.3, -0.25) is 0 Å². The number of hydrogen-bond acceptors (Lipinski definition) is 6. The molecule has 2 aliphatic rings. The summed E-state index contributed by atoms with van der Waals surface area (Å²) < 4.78 is 16.7. The van der Waals surface area contributed by atoms with E-state index in [-0.39, 0.29) is 7.05 Å². The molecule has 2 fully saturated rings. The summed E-state index contributed by atoms with van der Waals surface area (Å²) in [5, 5.41) is 14.0. The zero-order chi connectivity index (χ0) is 23.8. The Kier molecular flexibility index (Phi) is 10.4. The van der Waals surface area contributed by atoms with Gasteiger partial charge in [-0.1, -0.05) is 19.9 Å². The second kappa shape index (κ2) is 13.0. The van der Waals surface area contributed by atoms with Gasteiger partial charge in [0, 0.05) is 26.2 Å². The molecule has 1 aromatic rings. The summed E-state index contributed by atoms with van der Waals surface area (Å²) in [6.45, 7) is 11.0. The van der Waals surface area contributed by atoms with E-state index < -0.39 is 0 Å². The Balaban J connectivity index is 1.65. The van der Waals surface area contributed by atoms with Crippen molar-refractivity contribution in [3.05, 3.63) is 23.8 Å². The second-order valence-corrected chi connectivity index (χ2v) is 10.4. The van der Waals surface area contributed by atoms with E-state index in [1.807, 2.05) is 12.9 Å². The fraction of sp³-hybridized carbons (Fsp3) is 0.769. The van der Waals surface area contributed by atoms with E-state index in [0.29, 0.717) is 36.9 Å². The first-order valence-corrected chi connectivity index (χ1v) is 12.8. The van der Waals surface area contributed by atoms with Gasteiger partial charge in [-0.25, -0.2) is 0 Å². The molecule has 6 nitrogen and oxygen atoms in total. The van der Waals surface area contributed by atoms with E-state index in [4.69, 9.17) is 14.2 Å². The summed E-state index contributed by atoms with van der Waals surface area (Å²) in [6, 6.07) is 7.10. The number of nitrogens with one attached hydrogen (secondary N) is 1. The van der Waals surface area contributed by atoms with Gasteiger partial charge < -0.3 is 29.4 Å². The molecule has 3 rings (SSSR count). The third-order valence-electron chi connectivity index (χ3n) is 7.40. The zero-order valence-electron chi connectivity index (χ0n) is 21.4. The minimum Gasteiger partial charge on any atom is -0.493 e. The third-order valence-corrected chi connectivity index (χ3v) is 7.40. The van der Waals surface area contributed by atoms with Crippen molar-refractivity contribution >= 4 is 7.05 Å². The third kappa shape index (κ3) is 8.16. The summed E-state index contributed by atoms with van der Waals surface area (Å²) in [5.41, 5.74) is 1.30. The average molecular weight is 460 g/mol. The maximum atomic E-state index is 10.2. The molecule has 0 bridgehead atoms. The van der Waals surface area contributed by atoms with Gasteiger partial charge >= 0.3 is 7.05 Å². The second-order valence-electron chi connectivity index (χ2n) is 10.4. The number of ether oxygens (including phenoxy) is 3. The summed E-state index contributed by atoms with van der Waals surface area (Å²) in [4.78, 5) is 2.25. The molecule has 1 heterocycles. The molecule has 1 aliphatic heterocycles. The van der Waals surface area contributed by atoms with Crippen LogP contribution in [0.5, 0.6) is 11.5 Å². The molecule has 0 radical (unpaired) electrons. The van der Waals surface area contributed by atoms with E-state index >= 15 is 0 Å². The van der Waals surface area contributed by atoms with Crippen LogP contribution < -0.4 is 14.8 Å². The first-order chi connectivity index (χ1) is 15.9. The van der Waals surface area contributed by atoms with Crippen LogP contribution in [-0.2, 0) is 11.2 Å². The Bertz CT molecular complexity index is 714. The predicted molar refractivity (Wildman–Crippen MR) is 135 cm³/mol.